The molecule has 6 heteroatoms. The van der Waals surface area contributed by atoms with E-state index in [1.54, 1.807) is 43.0 Å². The number of H-pyrrole nitrogens is 1. The molecule has 5 nitrogen and oxygen atoms in total. The van der Waals surface area contributed by atoms with Crippen LogP contribution in [-0.2, 0) is 0 Å². The average Bonchev–Trinajstić information content (AvgIpc) is 2.40. The van der Waals surface area contributed by atoms with Crippen molar-refractivity contribution in [2.75, 3.05) is 0 Å². The van der Waals surface area contributed by atoms with Crippen LogP contribution in [0.4, 0.5) is 0 Å². The van der Waals surface area contributed by atoms with Crippen LogP contribution in [0.25, 0.3) is 16.6 Å². The molecule has 0 unspecified atom stereocenters. The summed E-state index contributed by atoms with van der Waals surface area (Å²) in [4.78, 5) is 23.3. The number of aromatic amines is 1. The van der Waals surface area contributed by atoms with Gasteiger partial charge in [0.25, 0.3) is 5.56 Å². The Hall–Kier alpha value is -2.34. The lowest BCUT2D eigenvalue weighted by Crippen LogP contribution is -2.20. The van der Waals surface area contributed by atoms with Crippen molar-refractivity contribution in [2.45, 2.75) is 0 Å². The Morgan fingerprint density at radius 3 is 2.78 bits per heavy atom. The van der Waals surface area contributed by atoms with Crippen LogP contribution in [0.15, 0.2) is 47.8 Å². The zero-order chi connectivity index (χ0) is 12.5. The lowest BCUT2D eigenvalue weighted by Gasteiger charge is -2.06. The third kappa shape index (κ3) is 1.63. The molecule has 1 N–H and O–H groups in total. The summed E-state index contributed by atoms with van der Waals surface area (Å²) in [5, 5.41) is 0.544. The topological polar surface area (TPSA) is 63.6 Å². The predicted molar refractivity (Wildman–Crippen MR) is 70.3 cm³/mol. The summed E-state index contributed by atoms with van der Waals surface area (Å²) in [6.07, 6.45) is 6.40. The van der Waals surface area contributed by atoms with Crippen molar-refractivity contribution in [2.24, 2.45) is 0 Å². The van der Waals surface area contributed by atoms with Crippen molar-refractivity contribution < 1.29 is 0 Å². The van der Waals surface area contributed by atoms with Crippen molar-refractivity contribution in [3.05, 3.63) is 58.1 Å². The molecular formula is C12H8N4OS. The van der Waals surface area contributed by atoms with Crippen molar-refractivity contribution >= 4 is 23.1 Å². The van der Waals surface area contributed by atoms with Gasteiger partial charge < -0.3 is 4.98 Å². The first-order chi connectivity index (χ1) is 8.77. The van der Waals surface area contributed by atoms with Gasteiger partial charge >= 0.3 is 0 Å². The Morgan fingerprint density at radius 2 is 2.00 bits per heavy atom. The van der Waals surface area contributed by atoms with Gasteiger partial charge in [0.15, 0.2) is 4.77 Å². The molecule has 3 heterocycles. The van der Waals surface area contributed by atoms with Gasteiger partial charge in [0.05, 0.1) is 29.0 Å². The van der Waals surface area contributed by atoms with Gasteiger partial charge in [-0.15, -0.1) is 0 Å². The minimum Gasteiger partial charge on any atom is -0.330 e. The average molecular weight is 256 g/mol. The maximum atomic E-state index is 12.4. The maximum absolute atomic E-state index is 12.4. The lowest BCUT2D eigenvalue weighted by molar-refractivity contribution is 0.930. The van der Waals surface area contributed by atoms with E-state index < -0.39 is 0 Å². The Bertz CT molecular complexity index is 823. The zero-order valence-electron chi connectivity index (χ0n) is 9.20. The van der Waals surface area contributed by atoms with Crippen LogP contribution in [0.2, 0.25) is 0 Å². The Labute approximate surface area is 107 Å². The molecule has 0 bridgehead atoms. The molecule has 0 aliphatic carbocycles. The first-order valence-electron chi connectivity index (χ1n) is 5.27. The Kier molecular flexibility index (Phi) is 2.49. The zero-order valence-corrected chi connectivity index (χ0v) is 10.0. The Morgan fingerprint density at radius 1 is 1.17 bits per heavy atom. The van der Waals surface area contributed by atoms with Gasteiger partial charge in [-0.3, -0.25) is 19.3 Å². The van der Waals surface area contributed by atoms with E-state index in [0.29, 0.717) is 21.4 Å². The summed E-state index contributed by atoms with van der Waals surface area (Å²) in [7, 11) is 0. The molecule has 3 rings (SSSR count). The highest BCUT2D eigenvalue weighted by molar-refractivity contribution is 7.71. The van der Waals surface area contributed by atoms with Crippen LogP contribution in [-0.4, -0.2) is 19.5 Å². The van der Waals surface area contributed by atoms with Gasteiger partial charge in [-0.05, 0) is 30.4 Å². The fourth-order valence-electron chi connectivity index (χ4n) is 1.78. The van der Waals surface area contributed by atoms with E-state index in [2.05, 4.69) is 15.0 Å². The number of hydrogen-bond acceptors (Lipinski definition) is 4. The van der Waals surface area contributed by atoms with E-state index in [4.69, 9.17) is 12.2 Å². The maximum Gasteiger partial charge on any atom is 0.266 e. The summed E-state index contributed by atoms with van der Waals surface area (Å²) in [6, 6.07) is 5.20. The molecule has 0 saturated carbocycles. The van der Waals surface area contributed by atoms with Crippen LogP contribution in [0.1, 0.15) is 0 Å². The van der Waals surface area contributed by atoms with Crippen molar-refractivity contribution in [1.29, 1.82) is 0 Å². The second-order valence-corrected chi connectivity index (χ2v) is 4.09. The van der Waals surface area contributed by atoms with E-state index in [1.165, 1.54) is 4.57 Å². The minimum atomic E-state index is -0.177. The summed E-state index contributed by atoms with van der Waals surface area (Å²) in [5.74, 6) is 0. The molecule has 3 aromatic heterocycles. The third-order valence-corrected chi connectivity index (χ3v) is 2.89. The molecule has 0 aliphatic rings. The van der Waals surface area contributed by atoms with Crippen LogP contribution in [0.5, 0.6) is 0 Å². The quantitative estimate of drug-likeness (QED) is 0.675. The number of pyridine rings is 2. The fourth-order valence-corrected chi connectivity index (χ4v) is 2.08. The number of hydrogen-bond donors (Lipinski definition) is 1. The summed E-state index contributed by atoms with van der Waals surface area (Å²) >= 11 is 5.20. The van der Waals surface area contributed by atoms with E-state index in [1.807, 2.05) is 0 Å². The number of nitrogens with one attached hydrogen (secondary N) is 1. The van der Waals surface area contributed by atoms with Gasteiger partial charge in [0.1, 0.15) is 0 Å². The molecule has 0 radical (unpaired) electrons. The SMILES string of the molecule is O=c1c2ccncc2[nH]c(=S)n1-c1cccnc1. The van der Waals surface area contributed by atoms with E-state index in [9.17, 15) is 4.79 Å². The highest BCUT2D eigenvalue weighted by Crippen LogP contribution is 2.08. The van der Waals surface area contributed by atoms with Gasteiger partial charge in [0, 0.05) is 12.4 Å². The van der Waals surface area contributed by atoms with Gasteiger partial charge in [-0.1, -0.05) is 0 Å². The van der Waals surface area contributed by atoms with Crippen molar-refractivity contribution in [1.82, 2.24) is 19.5 Å². The van der Waals surface area contributed by atoms with Crippen molar-refractivity contribution in [3.8, 4) is 5.69 Å². The fraction of sp³-hybridized carbons (Fsp3) is 0. The number of fused-ring (bicyclic) bond motifs is 1. The highest BCUT2D eigenvalue weighted by Gasteiger charge is 2.06. The van der Waals surface area contributed by atoms with Gasteiger partial charge in [-0.2, -0.15) is 0 Å². The molecule has 0 amide bonds. The first kappa shape index (κ1) is 10.8. The molecule has 0 aromatic carbocycles. The van der Waals surface area contributed by atoms with Crippen molar-refractivity contribution in [3.63, 3.8) is 0 Å². The summed E-state index contributed by atoms with van der Waals surface area (Å²) in [6.45, 7) is 0. The van der Waals surface area contributed by atoms with E-state index in [0.717, 1.165) is 0 Å². The smallest absolute Gasteiger partial charge is 0.266 e. The van der Waals surface area contributed by atoms with Crippen LogP contribution < -0.4 is 5.56 Å². The number of aromatic nitrogens is 4. The summed E-state index contributed by atoms with van der Waals surface area (Å²) < 4.78 is 1.75. The van der Waals surface area contributed by atoms with Crippen LogP contribution in [0.3, 0.4) is 0 Å². The Balaban J connectivity index is 2.45. The first-order valence-corrected chi connectivity index (χ1v) is 5.67. The lowest BCUT2D eigenvalue weighted by atomic mass is 10.3. The third-order valence-electron chi connectivity index (χ3n) is 2.60. The molecular weight excluding hydrogens is 248 g/mol. The molecule has 0 atom stereocenters. The largest absolute Gasteiger partial charge is 0.330 e. The number of nitrogens with zero attached hydrogens (tertiary/aromatic N) is 3. The molecule has 0 spiro atoms. The van der Waals surface area contributed by atoms with E-state index >= 15 is 0 Å². The second-order valence-electron chi connectivity index (χ2n) is 3.70. The second kappa shape index (κ2) is 4.15. The monoisotopic (exact) mass is 256 g/mol. The molecule has 0 aliphatic heterocycles. The van der Waals surface area contributed by atoms with Gasteiger partial charge in [0.2, 0.25) is 0 Å². The molecule has 88 valence electrons. The molecule has 0 saturated heterocycles. The predicted octanol–water partition coefficient (Wildman–Crippen LogP) is 1.84. The summed E-state index contributed by atoms with van der Waals surface area (Å²) in [5.41, 5.74) is 1.10. The molecule has 18 heavy (non-hydrogen) atoms. The standard InChI is InChI=1S/C12H8N4OS/c17-11-9-3-5-14-7-10(9)15-12(18)16(11)8-2-1-4-13-6-8/h1-7H,(H,15,18). The van der Waals surface area contributed by atoms with E-state index in [-0.39, 0.29) is 5.56 Å². The highest BCUT2D eigenvalue weighted by atomic mass is 32.1. The van der Waals surface area contributed by atoms with Crippen LogP contribution >= 0.6 is 12.2 Å². The number of rotatable bonds is 1. The van der Waals surface area contributed by atoms with Crippen LogP contribution in [0, 0.1) is 4.77 Å². The van der Waals surface area contributed by atoms with Gasteiger partial charge in [-0.25, -0.2) is 0 Å². The minimum absolute atomic E-state index is 0.177. The molecule has 0 fully saturated rings. The molecule has 3 aromatic rings. The normalized spacial score (nSPS) is 10.7.